The third-order valence-electron chi connectivity index (χ3n) is 2.35. The molecule has 0 aliphatic carbocycles. The Morgan fingerprint density at radius 2 is 2.11 bits per heavy atom. The third kappa shape index (κ3) is 6.98. The van der Waals surface area contributed by atoms with Crippen LogP contribution in [0.4, 0.5) is 4.39 Å². The highest BCUT2D eigenvalue weighted by Gasteiger charge is 2.07. The Labute approximate surface area is 119 Å². The van der Waals surface area contributed by atoms with E-state index in [9.17, 15) is 9.18 Å². The Morgan fingerprint density at radius 1 is 1.42 bits per heavy atom. The molecule has 108 valence electrons. The van der Waals surface area contributed by atoms with E-state index in [1.165, 1.54) is 12.1 Å². The highest BCUT2D eigenvalue weighted by Crippen LogP contribution is 2.14. The zero-order chi connectivity index (χ0) is 13.4. The van der Waals surface area contributed by atoms with Crippen molar-refractivity contribution in [1.82, 2.24) is 10.6 Å². The van der Waals surface area contributed by atoms with Gasteiger partial charge in [-0.05, 0) is 25.6 Å². The minimum Gasteiger partial charge on any atom is -0.481 e. The number of rotatable bonds is 7. The first-order valence-corrected chi connectivity index (χ1v) is 6.01. The molecule has 0 radical (unpaired) electrons. The Morgan fingerprint density at radius 3 is 2.74 bits per heavy atom. The van der Waals surface area contributed by atoms with Gasteiger partial charge in [0.2, 0.25) is 0 Å². The van der Waals surface area contributed by atoms with Crippen molar-refractivity contribution in [2.75, 3.05) is 19.7 Å². The molecule has 6 heteroatoms. The summed E-state index contributed by atoms with van der Waals surface area (Å²) in [5, 5.41) is 5.88. The predicted molar refractivity (Wildman–Crippen MR) is 75.3 cm³/mol. The average Bonchev–Trinajstić information content (AvgIpc) is 2.36. The van der Waals surface area contributed by atoms with E-state index >= 15 is 0 Å². The molecule has 0 saturated heterocycles. The molecule has 0 aliphatic heterocycles. The highest BCUT2D eigenvalue weighted by atomic mass is 35.5. The molecule has 0 heterocycles. The van der Waals surface area contributed by atoms with Crippen molar-refractivity contribution < 1.29 is 13.9 Å². The Balaban J connectivity index is 0.00000324. The molecular formula is C13H20ClFN2O2. The maximum absolute atomic E-state index is 13.2. The van der Waals surface area contributed by atoms with Crippen LogP contribution in [0.2, 0.25) is 0 Å². The molecule has 1 aromatic rings. The van der Waals surface area contributed by atoms with Gasteiger partial charge in [-0.2, -0.15) is 0 Å². The van der Waals surface area contributed by atoms with Gasteiger partial charge in [-0.3, -0.25) is 4.79 Å². The van der Waals surface area contributed by atoms with Gasteiger partial charge in [0.15, 0.2) is 18.2 Å². The van der Waals surface area contributed by atoms with E-state index in [1.54, 1.807) is 12.1 Å². The molecule has 19 heavy (non-hydrogen) atoms. The van der Waals surface area contributed by atoms with Gasteiger partial charge in [-0.25, -0.2) is 4.39 Å². The summed E-state index contributed by atoms with van der Waals surface area (Å²) in [5.41, 5.74) is 0. The SMILES string of the molecule is CCN[C@H](C)CNC(=O)COc1ccccc1F.Cl. The van der Waals surface area contributed by atoms with Crippen LogP contribution in [0.5, 0.6) is 5.75 Å². The van der Waals surface area contributed by atoms with Gasteiger partial charge >= 0.3 is 0 Å². The van der Waals surface area contributed by atoms with E-state index in [2.05, 4.69) is 10.6 Å². The molecule has 0 unspecified atom stereocenters. The van der Waals surface area contributed by atoms with Crippen LogP contribution in [-0.2, 0) is 4.79 Å². The molecule has 0 fully saturated rings. The molecule has 0 bridgehead atoms. The first-order valence-electron chi connectivity index (χ1n) is 6.01. The lowest BCUT2D eigenvalue weighted by Crippen LogP contribution is -2.40. The van der Waals surface area contributed by atoms with Crippen LogP contribution in [0.25, 0.3) is 0 Å². The third-order valence-corrected chi connectivity index (χ3v) is 2.35. The lowest BCUT2D eigenvalue weighted by Gasteiger charge is -2.13. The summed E-state index contributed by atoms with van der Waals surface area (Å²) in [7, 11) is 0. The molecule has 1 atom stereocenters. The fraction of sp³-hybridized carbons (Fsp3) is 0.462. The summed E-state index contributed by atoms with van der Waals surface area (Å²) in [5.74, 6) is -0.637. The number of carbonyl (C=O) groups excluding carboxylic acids is 1. The molecular weight excluding hydrogens is 271 g/mol. The maximum atomic E-state index is 13.2. The number of amides is 1. The van der Waals surface area contributed by atoms with Gasteiger partial charge in [-0.1, -0.05) is 19.1 Å². The summed E-state index contributed by atoms with van der Waals surface area (Å²) >= 11 is 0. The van der Waals surface area contributed by atoms with Crippen molar-refractivity contribution in [3.63, 3.8) is 0 Å². The van der Waals surface area contributed by atoms with Crippen LogP contribution in [0, 0.1) is 5.82 Å². The van der Waals surface area contributed by atoms with E-state index in [-0.39, 0.29) is 36.7 Å². The van der Waals surface area contributed by atoms with Crippen molar-refractivity contribution in [3.8, 4) is 5.75 Å². The summed E-state index contributed by atoms with van der Waals surface area (Å²) in [6.45, 7) is 5.16. The number of benzene rings is 1. The normalized spacial score (nSPS) is 11.3. The number of hydrogen-bond donors (Lipinski definition) is 2. The van der Waals surface area contributed by atoms with Gasteiger partial charge < -0.3 is 15.4 Å². The van der Waals surface area contributed by atoms with Crippen LogP contribution in [0.3, 0.4) is 0 Å². The summed E-state index contributed by atoms with van der Waals surface area (Å²) in [6.07, 6.45) is 0. The zero-order valence-corrected chi connectivity index (χ0v) is 11.9. The first kappa shape index (κ1) is 17.7. The second-order valence-electron chi connectivity index (χ2n) is 3.98. The van der Waals surface area contributed by atoms with E-state index in [4.69, 9.17) is 4.74 Å². The molecule has 1 amide bonds. The van der Waals surface area contributed by atoms with Gasteiger partial charge in [0.25, 0.3) is 5.91 Å². The maximum Gasteiger partial charge on any atom is 0.257 e. The molecule has 1 aromatic carbocycles. The molecule has 0 spiro atoms. The number of hydrogen-bond acceptors (Lipinski definition) is 3. The zero-order valence-electron chi connectivity index (χ0n) is 11.1. The van der Waals surface area contributed by atoms with E-state index < -0.39 is 5.82 Å². The largest absolute Gasteiger partial charge is 0.481 e. The molecule has 0 saturated carbocycles. The van der Waals surface area contributed by atoms with Crippen molar-refractivity contribution in [1.29, 1.82) is 0 Å². The summed E-state index contributed by atoms with van der Waals surface area (Å²) in [4.78, 5) is 11.5. The number of ether oxygens (including phenoxy) is 1. The van der Waals surface area contributed by atoms with Crippen LogP contribution in [0.1, 0.15) is 13.8 Å². The lowest BCUT2D eigenvalue weighted by molar-refractivity contribution is -0.123. The average molecular weight is 291 g/mol. The van der Waals surface area contributed by atoms with Gasteiger partial charge in [0.05, 0.1) is 0 Å². The molecule has 4 nitrogen and oxygen atoms in total. The number of halogens is 2. The van der Waals surface area contributed by atoms with Crippen molar-refractivity contribution in [3.05, 3.63) is 30.1 Å². The van der Waals surface area contributed by atoms with Gasteiger partial charge in [-0.15, -0.1) is 12.4 Å². The van der Waals surface area contributed by atoms with E-state index in [0.29, 0.717) is 6.54 Å². The summed E-state index contributed by atoms with van der Waals surface area (Å²) < 4.78 is 18.3. The van der Waals surface area contributed by atoms with Crippen LogP contribution < -0.4 is 15.4 Å². The summed E-state index contributed by atoms with van der Waals surface area (Å²) in [6, 6.07) is 6.21. The monoisotopic (exact) mass is 290 g/mol. The quantitative estimate of drug-likeness (QED) is 0.804. The predicted octanol–water partition coefficient (Wildman–Crippen LogP) is 1.74. The van der Waals surface area contributed by atoms with Crippen LogP contribution in [-0.4, -0.2) is 31.6 Å². The molecule has 0 aromatic heterocycles. The number of likely N-dealkylation sites (N-methyl/N-ethyl adjacent to an activating group) is 1. The standard InChI is InChI=1S/C13H19FN2O2.ClH/c1-3-15-10(2)8-16-13(17)9-18-12-7-5-4-6-11(12)14;/h4-7,10,15H,3,8-9H2,1-2H3,(H,16,17);1H/t10-;/m1./s1. The van der Waals surface area contributed by atoms with Crippen molar-refractivity contribution in [2.45, 2.75) is 19.9 Å². The molecule has 2 N–H and O–H groups in total. The minimum absolute atomic E-state index is 0. The highest BCUT2D eigenvalue weighted by molar-refractivity contribution is 5.85. The Hall–Kier alpha value is -1.33. The minimum atomic E-state index is -0.466. The fourth-order valence-electron chi connectivity index (χ4n) is 1.44. The van der Waals surface area contributed by atoms with Crippen LogP contribution >= 0.6 is 12.4 Å². The van der Waals surface area contributed by atoms with Crippen molar-refractivity contribution in [2.24, 2.45) is 0 Å². The topological polar surface area (TPSA) is 50.4 Å². The second kappa shape index (κ2) is 9.58. The fourth-order valence-corrected chi connectivity index (χ4v) is 1.44. The van der Waals surface area contributed by atoms with Crippen LogP contribution in [0.15, 0.2) is 24.3 Å². The number of para-hydroxylation sites is 1. The Bertz CT molecular complexity index is 391. The molecule has 1 rings (SSSR count). The lowest BCUT2D eigenvalue weighted by atomic mass is 10.3. The number of carbonyl (C=O) groups is 1. The van der Waals surface area contributed by atoms with Crippen molar-refractivity contribution >= 4 is 18.3 Å². The van der Waals surface area contributed by atoms with Gasteiger partial charge in [0, 0.05) is 12.6 Å². The van der Waals surface area contributed by atoms with E-state index in [1.807, 2.05) is 13.8 Å². The Kier molecular flexibility index (Phi) is 8.91. The van der Waals surface area contributed by atoms with E-state index in [0.717, 1.165) is 6.54 Å². The first-order chi connectivity index (χ1) is 8.63. The second-order valence-corrected chi connectivity index (χ2v) is 3.98. The smallest absolute Gasteiger partial charge is 0.257 e. The van der Waals surface area contributed by atoms with Gasteiger partial charge in [0.1, 0.15) is 0 Å². The number of nitrogens with one attached hydrogen (secondary N) is 2. The molecule has 0 aliphatic rings.